The van der Waals surface area contributed by atoms with Crippen LogP contribution >= 0.6 is 0 Å². The van der Waals surface area contributed by atoms with Gasteiger partial charge < -0.3 is 5.73 Å². The molecule has 4 nitrogen and oxygen atoms in total. The minimum Gasteiger partial charge on any atom is -0.383 e. The van der Waals surface area contributed by atoms with Crippen LogP contribution in [0.3, 0.4) is 0 Å². The Kier molecular flexibility index (Phi) is 1.17. The third-order valence-electron chi connectivity index (χ3n) is 2.46. The monoisotopic (exact) mass is 174 g/mol. The average Bonchev–Trinajstić information content (AvgIpc) is 2.93. The smallest absolute Gasteiger partial charge is 0.235 e. The van der Waals surface area contributed by atoms with Gasteiger partial charge in [0.1, 0.15) is 5.82 Å². The molecule has 1 saturated carbocycles. The van der Waals surface area contributed by atoms with Gasteiger partial charge in [-0.05, 0) is 24.3 Å². The van der Waals surface area contributed by atoms with Crippen molar-refractivity contribution < 1.29 is 0 Å². The molecule has 0 spiro atoms. The van der Waals surface area contributed by atoms with E-state index in [9.17, 15) is 0 Å². The van der Waals surface area contributed by atoms with Crippen molar-refractivity contribution in [2.75, 3.05) is 5.73 Å². The molecular formula is C9H10N4. The lowest BCUT2D eigenvalue weighted by Crippen LogP contribution is -1.96. The van der Waals surface area contributed by atoms with Crippen molar-refractivity contribution >= 4 is 11.6 Å². The second-order valence-corrected chi connectivity index (χ2v) is 3.51. The first-order valence-corrected chi connectivity index (χ1v) is 4.43. The molecule has 0 saturated heterocycles. The average molecular weight is 174 g/mol. The van der Waals surface area contributed by atoms with Crippen LogP contribution < -0.4 is 5.73 Å². The summed E-state index contributed by atoms with van der Waals surface area (Å²) in [5.41, 5.74) is 7.00. The Morgan fingerprint density at radius 1 is 1.31 bits per heavy atom. The molecule has 0 bridgehead atoms. The van der Waals surface area contributed by atoms with Crippen molar-refractivity contribution in [2.45, 2.75) is 18.8 Å². The van der Waals surface area contributed by atoms with Crippen molar-refractivity contribution in [1.82, 2.24) is 14.4 Å². The summed E-state index contributed by atoms with van der Waals surface area (Å²) in [7, 11) is 0. The number of imidazole rings is 1. The van der Waals surface area contributed by atoms with Gasteiger partial charge in [0.2, 0.25) is 5.78 Å². The van der Waals surface area contributed by atoms with Crippen molar-refractivity contribution in [2.24, 2.45) is 0 Å². The Hall–Kier alpha value is -1.58. The highest BCUT2D eigenvalue weighted by Gasteiger charge is 2.24. The largest absolute Gasteiger partial charge is 0.383 e. The first-order chi connectivity index (χ1) is 6.34. The number of nitrogen functional groups attached to an aromatic ring is 1. The van der Waals surface area contributed by atoms with Crippen molar-refractivity contribution in [3.05, 3.63) is 24.2 Å². The standard InChI is InChI=1S/C9H10N4/c10-8-4-12-9-11-3-7(5-13(8)9)6-1-2-6/h3-6H,1-2,10H2. The normalized spacial score (nSPS) is 16.6. The van der Waals surface area contributed by atoms with Gasteiger partial charge in [0, 0.05) is 12.4 Å². The summed E-state index contributed by atoms with van der Waals surface area (Å²) in [5.74, 6) is 2.05. The summed E-state index contributed by atoms with van der Waals surface area (Å²) in [5, 5.41) is 0. The molecule has 66 valence electrons. The Morgan fingerprint density at radius 2 is 2.08 bits per heavy atom. The van der Waals surface area contributed by atoms with Gasteiger partial charge in [0.05, 0.1) is 6.20 Å². The van der Waals surface area contributed by atoms with Crippen LogP contribution in [0, 0.1) is 0 Å². The summed E-state index contributed by atoms with van der Waals surface area (Å²) >= 11 is 0. The molecule has 1 fully saturated rings. The number of hydrogen-bond acceptors (Lipinski definition) is 3. The van der Waals surface area contributed by atoms with Crippen LogP contribution in [-0.2, 0) is 0 Å². The van der Waals surface area contributed by atoms with Gasteiger partial charge in [0.15, 0.2) is 0 Å². The van der Waals surface area contributed by atoms with E-state index in [0.717, 1.165) is 0 Å². The summed E-state index contributed by atoms with van der Waals surface area (Å²) in [6, 6.07) is 0. The molecule has 4 heteroatoms. The van der Waals surface area contributed by atoms with Crippen LogP contribution in [0.2, 0.25) is 0 Å². The van der Waals surface area contributed by atoms with E-state index in [1.54, 1.807) is 6.20 Å². The molecular weight excluding hydrogens is 164 g/mol. The minimum absolute atomic E-state index is 0.657. The number of anilines is 1. The summed E-state index contributed by atoms with van der Waals surface area (Å²) in [6.07, 6.45) is 8.14. The SMILES string of the molecule is Nc1cnc2ncc(C3CC3)cn12. The van der Waals surface area contributed by atoms with Crippen molar-refractivity contribution in [1.29, 1.82) is 0 Å². The summed E-state index contributed by atoms with van der Waals surface area (Å²) < 4.78 is 1.84. The molecule has 0 radical (unpaired) electrons. The predicted octanol–water partition coefficient (Wildman–Crippen LogP) is 1.19. The fourth-order valence-electron chi connectivity index (χ4n) is 1.53. The zero-order valence-electron chi connectivity index (χ0n) is 7.14. The van der Waals surface area contributed by atoms with E-state index in [4.69, 9.17) is 5.73 Å². The fourth-order valence-corrected chi connectivity index (χ4v) is 1.53. The molecule has 0 amide bonds. The lowest BCUT2D eigenvalue weighted by atomic mass is 10.2. The predicted molar refractivity (Wildman–Crippen MR) is 49.4 cm³/mol. The number of hydrogen-bond donors (Lipinski definition) is 1. The van der Waals surface area contributed by atoms with Crippen LogP contribution in [0.4, 0.5) is 5.82 Å². The van der Waals surface area contributed by atoms with Gasteiger partial charge in [-0.25, -0.2) is 9.97 Å². The third kappa shape index (κ3) is 0.983. The maximum atomic E-state index is 5.73. The molecule has 0 aliphatic heterocycles. The number of fused-ring (bicyclic) bond motifs is 1. The minimum atomic E-state index is 0.657. The van der Waals surface area contributed by atoms with Crippen LogP contribution in [-0.4, -0.2) is 14.4 Å². The molecule has 0 aromatic carbocycles. The van der Waals surface area contributed by atoms with E-state index in [2.05, 4.69) is 9.97 Å². The molecule has 0 atom stereocenters. The van der Waals surface area contributed by atoms with E-state index >= 15 is 0 Å². The van der Waals surface area contributed by atoms with Crippen LogP contribution in [0.15, 0.2) is 18.6 Å². The molecule has 2 aromatic rings. The second kappa shape index (κ2) is 2.22. The molecule has 0 unspecified atom stereocenters. The lowest BCUT2D eigenvalue weighted by Gasteiger charge is -1.99. The maximum Gasteiger partial charge on any atom is 0.235 e. The van der Waals surface area contributed by atoms with E-state index in [-0.39, 0.29) is 0 Å². The number of rotatable bonds is 1. The highest BCUT2D eigenvalue weighted by molar-refractivity contribution is 5.43. The number of nitrogens with zero attached hydrogens (tertiary/aromatic N) is 3. The Morgan fingerprint density at radius 3 is 2.85 bits per heavy atom. The van der Waals surface area contributed by atoms with Crippen LogP contribution in [0.5, 0.6) is 0 Å². The topological polar surface area (TPSA) is 56.2 Å². The molecule has 1 aliphatic carbocycles. The Labute approximate surface area is 75.4 Å². The van der Waals surface area contributed by atoms with E-state index < -0.39 is 0 Å². The first-order valence-electron chi connectivity index (χ1n) is 4.43. The van der Waals surface area contributed by atoms with Crippen molar-refractivity contribution in [3.8, 4) is 0 Å². The van der Waals surface area contributed by atoms with Gasteiger partial charge in [-0.3, -0.25) is 4.40 Å². The van der Waals surface area contributed by atoms with Gasteiger partial charge in [-0.1, -0.05) is 0 Å². The van der Waals surface area contributed by atoms with Gasteiger partial charge in [-0.2, -0.15) is 0 Å². The highest BCUT2D eigenvalue weighted by Crippen LogP contribution is 2.39. The lowest BCUT2D eigenvalue weighted by molar-refractivity contribution is 1.02. The quantitative estimate of drug-likeness (QED) is 0.706. The zero-order valence-corrected chi connectivity index (χ0v) is 7.14. The molecule has 2 aromatic heterocycles. The van der Waals surface area contributed by atoms with Crippen LogP contribution in [0.25, 0.3) is 5.78 Å². The highest BCUT2D eigenvalue weighted by atomic mass is 15.1. The van der Waals surface area contributed by atoms with E-state index in [0.29, 0.717) is 17.5 Å². The molecule has 1 aliphatic rings. The summed E-state index contributed by atoms with van der Waals surface area (Å²) in [6.45, 7) is 0. The molecule has 13 heavy (non-hydrogen) atoms. The second-order valence-electron chi connectivity index (χ2n) is 3.51. The van der Waals surface area contributed by atoms with Gasteiger partial charge >= 0.3 is 0 Å². The molecule has 2 N–H and O–H groups in total. The van der Waals surface area contributed by atoms with E-state index in [1.807, 2.05) is 16.8 Å². The Balaban J connectivity index is 2.24. The van der Waals surface area contributed by atoms with Crippen molar-refractivity contribution in [3.63, 3.8) is 0 Å². The van der Waals surface area contributed by atoms with Gasteiger partial charge in [-0.15, -0.1) is 0 Å². The van der Waals surface area contributed by atoms with Crippen LogP contribution in [0.1, 0.15) is 24.3 Å². The zero-order chi connectivity index (χ0) is 8.84. The third-order valence-corrected chi connectivity index (χ3v) is 2.46. The van der Waals surface area contributed by atoms with E-state index in [1.165, 1.54) is 18.4 Å². The summed E-state index contributed by atoms with van der Waals surface area (Å²) in [4.78, 5) is 8.30. The maximum absolute atomic E-state index is 5.73. The number of aromatic nitrogens is 3. The molecule has 2 heterocycles. The van der Waals surface area contributed by atoms with Gasteiger partial charge in [0.25, 0.3) is 0 Å². The fraction of sp³-hybridized carbons (Fsp3) is 0.333. The molecule has 3 rings (SSSR count). The Bertz CT molecular complexity index is 456. The first kappa shape index (κ1) is 6.88. The number of nitrogens with two attached hydrogens (primary N) is 1.